The van der Waals surface area contributed by atoms with Crippen molar-refractivity contribution in [3.63, 3.8) is 0 Å². The Hall–Kier alpha value is -1.92. The summed E-state index contributed by atoms with van der Waals surface area (Å²) >= 11 is 5.98. The zero-order valence-electron chi connectivity index (χ0n) is 11.3. The van der Waals surface area contributed by atoms with Crippen molar-refractivity contribution in [2.75, 3.05) is 16.6 Å². The standard InChI is InChI=1S/C14H15ClN2O3S/c1-2-17(10-6-4-3-5-7-10)21(19,20)14-9-13(18)12(16)8-11(14)15/h3-9,18H,2,16H2,1H3. The second-order valence-electron chi connectivity index (χ2n) is 4.35. The Kier molecular flexibility index (Phi) is 4.29. The average molecular weight is 327 g/mol. The van der Waals surface area contributed by atoms with Gasteiger partial charge in [0, 0.05) is 12.6 Å². The number of halogens is 1. The molecule has 21 heavy (non-hydrogen) atoms. The Balaban J connectivity index is 2.58. The van der Waals surface area contributed by atoms with E-state index in [2.05, 4.69) is 0 Å². The minimum Gasteiger partial charge on any atom is -0.506 e. The first-order chi connectivity index (χ1) is 9.87. The van der Waals surface area contributed by atoms with Crippen molar-refractivity contribution in [3.8, 4) is 5.75 Å². The van der Waals surface area contributed by atoms with Gasteiger partial charge in [-0.25, -0.2) is 8.42 Å². The first-order valence-electron chi connectivity index (χ1n) is 6.23. The van der Waals surface area contributed by atoms with E-state index >= 15 is 0 Å². The van der Waals surface area contributed by atoms with Crippen LogP contribution in [-0.4, -0.2) is 20.1 Å². The van der Waals surface area contributed by atoms with Gasteiger partial charge >= 0.3 is 0 Å². The summed E-state index contributed by atoms with van der Waals surface area (Å²) in [5.74, 6) is -0.318. The molecule has 0 bridgehead atoms. The number of nitrogens with zero attached hydrogens (tertiary/aromatic N) is 1. The van der Waals surface area contributed by atoms with Gasteiger partial charge in [-0.1, -0.05) is 29.8 Å². The second kappa shape index (κ2) is 5.83. The fraction of sp³-hybridized carbons (Fsp3) is 0.143. The average Bonchev–Trinajstić information content (AvgIpc) is 2.44. The predicted octanol–water partition coefficient (Wildman–Crippen LogP) is 2.84. The molecule has 0 spiro atoms. The van der Waals surface area contributed by atoms with Gasteiger partial charge in [0.15, 0.2) is 0 Å². The van der Waals surface area contributed by atoms with Crippen LogP contribution in [0.3, 0.4) is 0 Å². The van der Waals surface area contributed by atoms with Crippen LogP contribution in [0.25, 0.3) is 0 Å². The molecule has 0 amide bonds. The quantitative estimate of drug-likeness (QED) is 0.668. The van der Waals surface area contributed by atoms with E-state index in [9.17, 15) is 13.5 Å². The molecular formula is C14H15ClN2O3S. The van der Waals surface area contributed by atoms with Crippen LogP contribution in [0.1, 0.15) is 6.92 Å². The summed E-state index contributed by atoms with van der Waals surface area (Å²) in [6.45, 7) is 1.95. The predicted molar refractivity (Wildman–Crippen MR) is 84.2 cm³/mol. The molecule has 3 N–H and O–H groups in total. The number of rotatable bonds is 4. The third-order valence-electron chi connectivity index (χ3n) is 2.98. The molecule has 2 rings (SSSR count). The normalized spacial score (nSPS) is 11.3. The van der Waals surface area contributed by atoms with Crippen molar-refractivity contribution < 1.29 is 13.5 Å². The summed E-state index contributed by atoms with van der Waals surface area (Å²) in [6, 6.07) is 11.0. The van der Waals surface area contributed by atoms with Crippen molar-refractivity contribution in [2.45, 2.75) is 11.8 Å². The van der Waals surface area contributed by atoms with Gasteiger partial charge in [-0.3, -0.25) is 4.31 Å². The SMILES string of the molecule is CCN(c1ccccc1)S(=O)(=O)c1cc(O)c(N)cc1Cl. The third-order valence-corrected chi connectivity index (χ3v) is 5.35. The van der Waals surface area contributed by atoms with Gasteiger partial charge in [0.1, 0.15) is 10.6 Å². The summed E-state index contributed by atoms with van der Waals surface area (Å²) in [6.07, 6.45) is 0. The van der Waals surface area contributed by atoms with E-state index in [1.165, 1.54) is 10.4 Å². The topological polar surface area (TPSA) is 83.6 Å². The highest BCUT2D eigenvalue weighted by molar-refractivity contribution is 7.93. The third kappa shape index (κ3) is 2.91. The van der Waals surface area contributed by atoms with E-state index in [0.29, 0.717) is 5.69 Å². The smallest absolute Gasteiger partial charge is 0.265 e. The maximum Gasteiger partial charge on any atom is 0.265 e. The van der Waals surface area contributed by atoms with Gasteiger partial charge in [0.25, 0.3) is 10.0 Å². The molecule has 2 aromatic carbocycles. The van der Waals surface area contributed by atoms with Crippen LogP contribution in [0.4, 0.5) is 11.4 Å². The number of anilines is 2. The van der Waals surface area contributed by atoms with E-state index in [4.69, 9.17) is 17.3 Å². The number of nitrogens with two attached hydrogens (primary N) is 1. The number of hydrogen-bond acceptors (Lipinski definition) is 4. The molecule has 0 aliphatic carbocycles. The minimum absolute atomic E-state index is 0.0281. The Morgan fingerprint density at radius 3 is 2.43 bits per heavy atom. The fourth-order valence-corrected chi connectivity index (χ4v) is 3.97. The van der Waals surface area contributed by atoms with Crippen molar-refractivity contribution in [1.82, 2.24) is 0 Å². The summed E-state index contributed by atoms with van der Waals surface area (Å²) in [4.78, 5) is -0.179. The van der Waals surface area contributed by atoms with Crippen molar-refractivity contribution in [2.24, 2.45) is 0 Å². The van der Waals surface area contributed by atoms with Gasteiger partial charge in [-0.2, -0.15) is 0 Å². The lowest BCUT2D eigenvalue weighted by Gasteiger charge is -2.23. The minimum atomic E-state index is -3.89. The molecule has 0 aliphatic rings. The van der Waals surface area contributed by atoms with Crippen molar-refractivity contribution in [1.29, 1.82) is 0 Å². The lowest BCUT2D eigenvalue weighted by Crippen LogP contribution is -2.31. The zero-order chi connectivity index (χ0) is 15.6. The molecule has 0 radical (unpaired) electrons. The van der Waals surface area contributed by atoms with E-state index < -0.39 is 10.0 Å². The maximum atomic E-state index is 12.7. The number of nitrogen functional groups attached to an aromatic ring is 1. The number of hydrogen-bond donors (Lipinski definition) is 2. The first kappa shape index (κ1) is 15.5. The molecule has 0 unspecified atom stereocenters. The highest BCUT2D eigenvalue weighted by atomic mass is 35.5. The lowest BCUT2D eigenvalue weighted by molar-refractivity contribution is 0.476. The number of phenols is 1. The Morgan fingerprint density at radius 1 is 1.24 bits per heavy atom. The fourth-order valence-electron chi connectivity index (χ4n) is 1.96. The molecule has 0 aliphatic heterocycles. The van der Waals surface area contributed by atoms with Gasteiger partial charge in [0.05, 0.1) is 16.4 Å². The van der Waals surface area contributed by atoms with Crippen LogP contribution in [-0.2, 0) is 10.0 Å². The number of aromatic hydroxyl groups is 1. The van der Waals surface area contributed by atoms with E-state index in [0.717, 1.165) is 6.07 Å². The van der Waals surface area contributed by atoms with Crippen LogP contribution in [0.5, 0.6) is 5.75 Å². The van der Waals surface area contributed by atoms with Gasteiger partial charge < -0.3 is 10.8 Å². The first-order valence-corrected chi connectivity index (χ1v) is 8.05. The van der Waals surface area contributed by atoms with Crippen LogP contribution >= 0.6 is 11.6 Å². The molecule has 5 nitrogen and oxygen atoms in total. The number of para-hydroxylation sites is 1. The van der Waals surface area contributed by atoms with Crippen LogP contribution in [0, 0.1) is 0 Å². The molecule has 0 saturated carbocycles. The summed E-state index contributed by atoms with van der Waals surface area (Å²) in [5.41, 5.74) is 6.06. The van der Waals surface area contributed by atoms with Crippen molar-refractivity contribution in [3.05, 3.63) is 47.5 Å². The number of phenolic OH excluding ortho intramolecular Hbond substituents is 1. The zero-order valence-corrected chi connectivity index (χ0v) is 12.9. The number of benzene rings is 2. The van der Waals surface area contributed by atoms with Gasteiger partial charge in [-0.15, -0.1) is 0 Å². The summed E-state index contributed by atoms with van der Waals surface area (Å²) < 4.78 is 26.7. The highest BCUT2D eigenvalue weighted by Crippen LogP contribution is 2.34. The van der Waals surface area contributed by atoms with E-state index in [1.807, 2.05) is 0 Å². The summed E-state index contributed by atoms with van der Waals surface area (Å²) in [7, 11) is -3.89. The molecule has 2 aromatic rings. The Bertz CT molecular complexity index is 748. The monoisotopic (exact) mass is 326 g/mol. The van der Waals surface area contributed by atoms with Crippen LogP contribution in [0.2, 0.25) is 5.02 Å². The molecule has 0 atom stereocenters. The van der Waals surface area contributed by atoms with Gasteiger partial charge in [-0.05, 0) is 25.1 Å². The van der Waals surface area contributed by atoms with Crippen LogP contribution in [0.15, 0.2) is 47.4 Å². The highest BCUT2D eigenvalue weighted by Gasteiger charge is 2.27. The maximum absolute atomic E-state index is 12.7. The molecule has 112 valence electrons. The molecule has 0 heterocycles. The van der Waals surface area contributed by atoms with E-state index in [-0.39, 0.29) is 27.9 Å². The lowest BCUT2D eigenvalue weighted by atomic mass is 10.3. The molecule has 7 heteroatoms. The van der Waals surface area contributed by atoms with Crippen molar-refractivity contribution >= 4 is 33.0 Å². The second-order valence-corrected chi connectivity index (χ2v) is 6.58. The molecule has 0 aromatic heterocycles. The molecule has 0 saturated heterocycles. The largest absolute Gasteiger partial charge is 0.506 e. The summed E-state index contributed by atoms with van der Waals surface area (Å²) in [5, 5.41) is 9.62. The van der Waals surface area contributed by atoms with Gasteiger partial charge in [0.2, 0.25) is 0 Å². The number of sulfonamides is 1. The Labute approximate surface area is 128 Å². The Morgan fingerprint density at radius 2 is 1.86 bits per heavy atom. The van der Waals surface area contributed by atoms with Crippen LogP contribution < -0.4 is 10.0 Å². The molecular weight excluding hydrogens is 312 g/mol. The van der Waals surface area contributed by atoms with E-state index in [1.54, 1.807) is 37.3 Å². The molecule has 0 fully saturated rings.